The number of benzene rings is 1. The zero-order chi connectivity index (χ0) is 14.5. The monoisotopic (exact) mass is 281 g/mol. The van der Waals surface area contributed by atoms with Crippen LogP contribution in [0.2, 0.25) is 0 Å². The predicted molar refractivity (Wildman–Crippen MR) is 73.6 cm³/mol. The number of hydrogen-bond acceptors (Lipinski definition) is 4. The van der Waals surface area contributed by atoms with E-state index in [0.29, 0.717) is 18.3 Å². The van der Waals surface area contributed by atoms with Crippen LogP contribution in [0, 0.1) is 5.82 Å². The van der Waals surface area contributed by atoms with Crippen molar-refractivity contribution >= 4 is 5.78 Å². The van der Waals surface area contributed by atoms with E-state index in [9.17, 15) is 9.18 Å². The highest BCUT2D eigenvalue weighted by Gasteiger charge is 2.27. The molecule has 1 fully saturated rings. The third-order valence-electron chi connectivity index (χ3n) is 3.79. The number of carbonyl (C=O) groups excluding carboxylic acids is 1. The first kappa shape index (κ1) is 14.9. The smallest absolute Gasteiger partial charge is 0.180 e. The van der Waals surface area contributed by atoms with E-state index in [0.717, 1.165) is 19.3 Å². The maximum Gasteiger partial charge on any atom is 0.180 e. The Balaban J connectivity index is 2.11. The molecular formula is C15H20FNO3. The van der Waals surface area contributed by atoms with Crippen LogP contribution in [0.1, 0.15) is 29.6 Å². The van der Waals surface area contributed by atoms with Crippen molar-refractivity contribution in [3.05, 3.63) is 29.6 Å². The van der Waals surface area contributed by atoms with Gasteiger partial charge < -0.3 is 9.84 Å². The number of halogens is 1. The van der Waals surface area contributed by atoms with Gasteiger partial charge in [0.2, 0.25) is 0 Å². The second kappa shape index (κ2) is 6.81. The first-order chi connectivity index (χ1) is 9.65. The van der Waals surface area contributed by atoms with Crippen LogP contribution in [0.15, 0.2) is 18.2 Å². The molecule has 0 unspecified atom stereocenters. The predicted octanol–water partition coefficient (Wildman–Crippen LogP) is 1.86. The maximum absolute atomic E-state index is 13.3. The molecule has 0 aromatic heterocycles. The van der Waals surface area contributed by atoms with E-state index >= 15 is 0 Å². The second-order valence-electron chi connectivity index (χ2n) is 5.05. The molecule has 1 aromatic carbocycles. The highest BCUT2D eigenvalue weighted by molar-refractivity contribution is 6.00. The number of ether oxygens (including phenoxy) is 1. The fourth-order valence-corrected chi connectivity index (χ4v) is 2.44. The molecule has 20 heavy (non-hydrogen) atoms. The zero-order valence-electron chi connectivity index (χ0n) is 11.6. The number of Topliss-reactive ketones (excluding diaryl/α,β-unsaturated/α-hetero) is 1. The van der Waals surface area contributed by atoms with E-state index in [2.05, 4.69) is 0 Å². The van der Waals surface area contributed by atoms with E-state index in [1.807, 2.05) is 4.90 Å². The minimum atomic E-state index is -0.452. The number of carbonyl (C=O) groups is 1. The highest BCUT2D eigenvalue weighted by atomic mass is 19.1. The summed E-state index contributed by atoms with van der Waals surface area (Å²) in [6.45, 7) is 0.670. The van der Waals surface area contributed by atoms with Gasteiger partial charge in [-0.05, 0) is 31.0 Å². The van der Waals surface area contributed by atoms with Gasteiger partial charge in [-0.15, -0.1) is 0 Å². The quantitative estimate of drug-likeness (QED) is 0.775. The molecule has 1 aromatic rings. The van der Waals surface area contributed by atoms with Crippen LogP contribution in [0.5, 0.6) is 5.75 Å². The van der Waals surface area contributed by atoms with Gasteiger partial charge in [0.1, 0.15) is 11.6 Å². The Hall–Kier alpha value is -1.46. The van der Waals surface area contributed by atoms with Crippen molar-refractivity contribution in [2.45, 2.75) is 25.3 Å². The van der Waals surface area contributed by atoms with Crippen molar-refractivity contribution in [1.29, 1.82) is 0 Å². The molecular weight excluding hydrogens is 261 g/mol. The van der Waals surface area contributed by atoms with Crippen molar-refractivity contribution in [2.24, 2.45) is 0 Å². The molecule has 0 heterocycles. The number of nitrogens with zero attached hydrogens (tertiary/aromatic N) is 1. The SMILES string of the molecule is COc1ccc(F)cc1C(=O)CN(CCO)C1CCC1. The van der Waals surface area contributed by atoms with E-state index in [1.54, 1.807) is 0 Å². The second-order valence-corrected chi connectivity index (χ2v) is 5.05. The third-order valence-corrected chi connectivity index (χ3v) is 3.79. The molecule has 1 aliphatic carbocycles. The summed E-state index contributed by atoms with van der Waals surface area (Å²) < 4.78 is 18.4. The van der Waals surface area contributed by atoms with Gasteiger partial charge in [-0.25, -0.2) is 4.39 Å². The first-order valence-corrected chi connectivity index (χ1v) is 6.87. The van der Waals surface area contributed by atoms with Gasteiger partial charge in [0.05, 0.1) is 25.8 Å². The van der Waals surface area contributed by atoms with Crippen molar-refractivity contribution < 1.29 is 19.0 Å². The van der Waals surface area contributed by atoms with E-state index in [-0.39, 0.29) is 24.5 Å². The van der Waals surface area contributed by atoms with Gasteiger partial charge >= 0.3 is 0 Å². The summed E-state index contributed by atoms with van der Waals surface area (Å²) in [7, 11) is 1.46. The molecule has 2 rings (SSSR count). The number of rotatable bonds is 7. The molecule has 0 amide bonds. The number of aliphatic hydroxyl groups is 1. The summed E-state index contributed by atoms with van der Waals surface area (Å²) in [4.78, 5) is 14.3. The third kappa shape index (κ3) is 3.35. The lowest BCUT2D eigenvalue weighted by Crippen LogP contribution is -2.44. The molecule has 0 bridgehead atoms. The Morgan fingerprint density at radius 3 is 2.80 bits per heavy atom. The van der Waals surface area contributed by atoms with Gasteiger partial charge in [-0.2, -0.15) is 0 Å². The first-order valence-electron chi connectivity index (χ1n) is 6.87. The average molecular weight is 281 g/mol. The summed E-state index contributed by atoms with van der Waals surface area (Å²) in [6.07, 6.45) is 3.26. The minimum absolute atomic E-state index is 0.0179. The van der Waals surface area contributed by atoms with Crippen molar-refractivity contribution in [3.8, 4) is 5.75 Å². The number of aliphatic hydroxyl groups excluding tert-OH is 1. The molecule has 0 aliphatic heterocycles. The lowest BCUT2D eigenvalue weighted by Gasteiger charge is -2.36. The largest absolute Gasteiger partial charge is 0.496 e. The normalized spacial score (nSPS) is 15.2. The van der Waals surface area contributed by atoms with E-state index in [1.165, 1.54) is 25.3 Å². The Bertz CT molecular complexity index is 474. The van der Waals surface area contributed by atoms with Gasteiger partial charge in [-0.3, -0.25) is 9.69 Å². The molecule has 5 heteroatoms. The van der Waals surface area contributed by atoms with Crippen LogP contribution in [0.3, 0.4) is 0 Å². The summed E-state index contributed by atoms with van der Waals surface area (Å²) >= 11 is 0. The van der Waals surface area contributed by atoms with Crippen LogP contribution >= 0.6 is 0 Å². The van der Waals surface area contributed by atoms with E-state index < -0.39 is 5.82 Å². The van der Waals surface area contributed by atoms with Crippen LogP contribution < -0.4 is 4.74 Å². The van der Waals surface area contributed by atoms with Gasteiger partial charge in [-0.1, -0.05) is 6.42 Å². The molecule has 0 spiro atoms. The molecule has 110 valence electrons. The molecule has 4 nitrogen and oxygen atoms in total. The Kier molecular flexibility index (Phi) is 5.09. The molecule has 1 N–H and O–H groups in total. The van der Waals surface area contributed by atoms with Gasteiger partial charge in [0.15, 0.2) is 5.78 Å². The fourth-order valence-electron chi connectivity index (χ4n) is 2.44. The van der Waals surface area contributed by atoms with Gasteiger partial charge in [0, 0.05) is 12.6 Å². The van der Waals surface area contributed by atoms with Gasteiger partial charge in [0.25, 0.3) is 0 Å². The van der Waals surface area contributed by atoms with Crippen molar-refractivity contribution in [1.82, 2.24) is 4.90 Å². The lowest BCUT2D eigenvalue weighted by molar-refractivity contribution is 0.0744. The molecule has 0 atom stereocenters. The molecule has 0 saturated heterocycles. The minimum Gasteiger partial charge on any atom is -0.496 e. The topological polar surface area (TPSA) is 49.8 Å². The van der Waals surface area contributed by atoms with E-state index in [4.69, 9.17) is 9.84 Å². The molecule has 1 saturated carbocycles. The van der Waals surface area contributed by atoms with Crippen LogP contribution in [0.4, 0.5) is 4.39 Å². The average Bonchev–Trinajstić information content (AvgIpc) is 2.36. The zero-order valence-corrected chi connectivity index (χ0v) is 11.6. The highest BCUT2D eigenvalue weighted by Crippen LogP contribution is 2.26. The summed E-state index contributed by atoms with van der Waals surface area (Å²) in [5.74, 6) is -0.248. The number of hydrogen-bond donors (Lipinski definition) is 1. The van der Waals surface area contributed by atoms with Crippen LogP contribution in [-0.2, 0) is 0 Å². The standard InChI is InChI=1S/C15H20FNO3/c1-20-15-6-5-11(16)9-13(15)14(19)10-17(7-8-18)12-3-2-4-12/h5-6,9,12,18H,2-4,7-8,10H2,1H3. The maximum atomic E-state index is 13.3. The number of ketones is 1. The summed E-state index contributed by atoms with van der Waals surface area (Å²) in [5.41, 5.74) is 0.259. The Morgan fingerprint density at radius 1 is 1.50 bits per heavy atom. The number of methoxy groups -OCH3 is 1. The molecule has 0 radical (unpaired) electrons. The summed E-state index contributed by atoms with van der Waals surface area (Å²) in [6, 6.07) is 4.29. The Morgan fingerprint density at radius 2 is 2.25 bits per heavy atom. The summed E-state index contributed by atoms with van der Waals surface area (Å²) in [5, 5.41) is 9.10. The van der Waals surface area contributed by atoms with Crippen LogP contribution in [0.25, 0.3) is 0 Å². The van der Waals surface area contributed by atoms with Crippen molar-refractivity contribution in [2.75, 3.05) is 26.8 Å². The fraction of sp³-hybridized carbons (Fsp3) is 0.533. The molecule has 1 aliphatic rings. The lowest BCUT2D eigenvalue weighted by atomic mass is 9.91. The van der Waals surface area contributed by atoms with Crippen LogP contribution in [-0.4, -0.2) is 48.6 Å². The Labute approximate surface area is 118 Å². The van der Waals surface area contributed by atoms with Crippen molar-refractivity contribution in [3.63, 3.8) is 0 Å².